The highest BCUT2D eigenvalue weighted by molar-refractivity contribution is 5.16. The normalized spacial score (nSPS) is 23.8. The van der Waals surface area contributed by atoms with Gasteiger partial charge < -0.3 is 0 Å². The molecule has 1 aromatic rings. The van der Waals surface area contributed by atoms with Gasteiger partial charge in [-0.15, -0.1) is 0 Å². The fraction of sp³-hybridized carbons (Fsp3) is 0.500. The van der Waals surface area contributed by atoms with E-state index in [9.17, 15) is 0 Å². The molecule has 0 aliphatic carbocycles. The average molecular weight is 229 g/mol. The van der Waals surface area contributed by atoms with Crippen LogP contribution in [-0.2, 0) is 6.54 Å². The zero-order chi connectivity index (χ0) is 12.5. The summed E-state index contributed by atoms with van der Waals surface area (Å²) in [5.41, 5.74) is 3.09. The molecule has 0 radical (unpaired) electrons. The van der Waals surface area contributed by atoms with E-state index in [-0.39, 0.29) is 0 Å². The first-order chi connectivity index (χ1) is 7.99. The zero-order valence-corrected chi connectivity index (χ0v) is 11.2. The van der Waals surface area contributed by atoms with Crippen LogP contribution in [0, 0.1) is 11.3 Å². The van der Waals surface area contributed by atoms with Gasteiger partial charge in [-0.2, -0.15) is 0 Å². The smallest absolute Gasteiger partial charge is 0.0234 e. The van der Waals surface area contributed by atoms with Gasteiger partial charge in [0, 0.05) is 19.6 Å². The van der Waals surface area contributed by atoms with E-state index >= 15 is 0 Å². The van der Waals surface area contributed by atoms with Crippen LogP contribution in [0.25, 0.3) is 0 Å². The minimum absolute atomic E-state index is 0.362. The van der Waals surface area contributed by atoms with Crippen molar-refractivity contribution in [3.8, 4) is 0 Å². The lowest BCUT2D eigenvalue weighted by atomic mass is 9.78. The van der Waals surface area contributed by atoms with E-state index in [1.165, 1.54) is 17.7 Å². The van der Waals surface area contributed by atoms with Crippen molar-refractivity contribution in [2.24, 2.45) is 11.3 Å². The van der Waals surface area contributed by atoms with E-state index in [0.29, 0.717) is 11.3 Å². The first kappa shape index (κ1) is 12.4. The van der Waals surface area contributed by atoms with Gasteiger partial charge in [-0.1, -0.05) is 56.3 Å². The van der Waals surface area contributed by atoms with Crippen molar-refractivity contribution < 1.29 is 0 Å². The van der Waals surface area contributed by atoms with Gasteiger partial charge in [0.15, 0.2) is 0 Å². The van der Waals surface area contributed by atoms with Gasteiger partial charge in [-0.25, -0.2) is 0 Å². The molecular weight excluding hydrogens is 206 g/mol. The summed E-state index contributed by atoms with van der Waals surface area (Å²) in [5, 5.41) is 0. The predicted molar refractivity (Wildman–Crippen MR) is 73.8 cm³/mol. The number of hydrogen-bond acceptors (Lipinski definition) is 1. The summed E-state index contributed by atoms with van der Waals surface area (Å²) in [6, 6.07) is 10.7. The molecule has 1 fully saturated rings. The van der Waals surface area contributed by atoms with Crippen molar-refractivity contribution >= 4 is 0 Å². The average Bonchev–Trinajstić information content (AvgIpc) is 2.55. The van der Waals surface area contributed by atoms with Crippen molar-refractivity contribution in [2.75, 3.05) is 13.1 Å². The number of nitrogens with zero attached hydrogens (tertiary/aromatic N) is 1. The first-order valence-corrected chi connectivity index (χ1v) is 6.41. The minimum atomic E-state index is 0.362. The molecule has 17 heavy (non-hydrogen) atoms. The molecule has 0 N–H and O–H groups in total. The van der Waals surface area contributed by atoms with Crippen LogP contribution in [0.5, 0.6) is 0 Å². The summed E-state index contributed by atoms with van der Waals surface area (Å²) >= 11 is 0. The van der Waals surface area contributed by atoms with Gasteiger partial charge in [0.2, 0.25) is 0 Å². The fourth-order valence-corrected chi connectivity index (χ4v) is 3.04. The van der Waals surface area contributed by atoms with Crippen molar-refractivity contribution in [3.05, 3.63) is 48.0 Å². The highest BCUT2D eigenvalue weighted by Gasteiger charge is 2.39. The molecule has 1 atom stereocenters. The molecule has 0 bridgehead atoms. The molecule has 1 saturated heterocycles. The zero-order valence-electron chi connectivity index (χ0n) is 11.2. The summed E-state index contributed by atoms with van der Waals surface area (Å²) in [6.07, 6.45) is 0. The van der Waals surface area contributed by atoms with E-state index in [1.807, 2.05) is 0 Å². The summed E-state index contributed by atoms with van der Waals surface area (Å²) < 4.78 is 0. The Morgan fingerprint density at radius 3 is 2.53 bits per heavy atom. The quantitative estimate of drug-likeness (QED) is 0.714. The molecule has 1 nitrogen and oxygen atoms in total. The van der Waals surface area contributed by atoms with Crippen LogP contribution in [0.2, 0.25) is 0 Å². The first-order valence-electron chi connectivity index (χ1n) is 6.41. The Labute approximate surface area is 105 Å². The third-order valence-corrected chi connectivity index (χ3v) is 3.86. The second-order valence-electron chi connectivity index (χ2n) is 6.04. The van der Waals surface area contributed by atoms with Crippen LogP contribution in [0.15, 0.2) is 42.5 Å². The lowest BCUT2D eigenvalue weighted by Crippen LogP contribution is -2.23. The Hall–Kier alpha value is -1.08. The largest absolute Gasteiger partial charge is 0.298 e. The predicted octanol–water partition coefficient (Wildman–Crippen LogP) is 3.72. The van der Waals surface area contributed by atoms with Crippen LogP contribution in [0.4, 0.5) is 0 Å². The number of rotatable bonds is 3. The van der Waals surface area contributed by atoms with Crippen molar-refractivity contribution in [1.82, 2.24) is 4.90 Å². The second-order valence-corrected chi connectivity index (χ2v) is 6.04. The van der Waals surface area contributed by atoms with E-state index < -0.39 is 0 Å². The van der Waals surface area contributed by atoms with Crippen LogP contribution in [0.1, 0.15) is 26.3 Å². The van der Waals surface area contributed by atoms with E-state index in [4.69, 9.17) is 0 Å². The highest BCUT2D eigenvalue weighted by Crippen LogP contribution is 2.39. The summed E-state index contributed by atoms with van der Waals surface area (Å²) in [4.78, 5) is 2.55. The topological polar surface area (TPSA) is 3.24 Å². The standard InChI is InChI=1S/C16H23N/c1-13(2)15-11-17(12-16(15,3)4)10-14-8-6-5-7-9-14/h5-9,15H,1,10-12H2,2-4H3/t15-/m0/s1. The lowest BCUT2D eigenvalue weighted by molar-refractivity contribution is 0.278. The summed E-state index contributed by atoms with van der Waals surface area (Å²) in [6.45, 7) is 14.4. The monoisotopic (exact) mass is 229 g/mol. The molecule has 1 heterocycles. The molecular formula is C16H23N. The Bertz CT molecular complexity index is 391. The maximum absolute atomic E-state index is 4.15. The van der Waals surface area contributed by atoms with E-state index in [0.717, 1.165) is 13.1 Å². The Balaban J connectivity index is 2.04. The second kappa shape index (κ2) is 4.66. The summed E-state index contributed by atoms with van der Waals surface area (Å²) in [7, 11) is 0. The van der Waals surface area contributed by atoms with Gasteiger partial charge in [0.1, 0.15) is 0 Å². The molecule has 0 saturated carbocycles. The van der Waals surface area contributed by atoms with Crippen molar-refractivity contribution in [1.29, 1.82) is 0 Å². The van der Waals surface area contributed by atoms with E-state index in [1.54, 1.807) is 0 Å². The molecule has 0 amide bonds. The van der Waals surface area contributed by atoms with Crippen LogP contribution < -0.4 is 0 Å². The lowest BCUT2D eigenvalue weighted by Gasteiger charge is -2.25. The molecule has 0 unspecified atom stereocenters. The third kappa shape index (κ3) is 2.78. The molecule has 0 aromatic heterocycles. The number of hydrogen-bond donors (Lipinski definition) is 0. The molecule has 1 aliphatic rings. The van der Waals surface area contributed by atoms with Gasteiger partial charge in [-0.05, 0) is 23.8 Å². The Morgan fingerprint density at radius 1 is 1.35 bits per heavy atom. The van der Waals surface area contributed by atoms with Crippen LogP contribution in [-0.4, -0.2) is 18.0 Å². The van der Waals surface area contributed by atoms with Crippen molar-refractivity contribution in [3.63, 3.8) is 0 Å². The molecule has 1 heteroatoms. The fourth-order valence-electron chi connectivity index (χ4n) is 3.04. The Morgan fingerprint density at radius 2 is 2.00 bits per heavy atom. The number of benzene rings is 1. The molecule has 1 aromatic carbocycles. The van der Waals surface area contributed by atoms with Gasteiger partial charge in [0.25, 0.3) is 0 Å². The summed E-state index contributed by atoms with van der Waals surface area (Å²) in [5.74, 6) is 0.631. The van der Waals surface area contributed by atoms with E-state index in [2.05, 4.69) is 62.6 Å². The maximum Gasteiger partial charge on any atom is 0.0234 e. The third-order valence-electron chi connectivity index (χ3n) is 3.86. The SMILES string of the molecule is C=C(C)[C@@H]1CN(Cc2ccccc2)CC1(C)C. The van der Waals surface area contributed by atoms with Gasteiger partial charge in [-0.3, -0.25) is 4.90 Å². The van der Waals surface area contributed by atoms with Gasteiger partial charge >= 0.3 is 0 Å². The molecule has 1 aliphatic heterocycles. The highest BCUT2D eigenvalue weighted by atomic mass is 15.2. The number of likely N-dealkylation sites (tertiary alicyclic amines) is 1. The maximum atomic E-state index is 4.15. The van der Waals surface area contributed by atoms with Crippen LogP contribution >= 0.6 is 0 Å². The van der Waals surface area contributed by atoms with Crippen molar-refractivity contribution in [2.45, 2.75) is 27.3 Å². The molecule has 0 spiro atoms. The molecule has 92 valence electrons. The Kier molecular flexibility index (Phi) is 3.39. The van der Waals surface area contributed by atoms with Crippen LogP contribution in [0.3, 0.4) is 0 Å². The van der Waals surface area contributed by atoms with Gasteiger partial charge in [0.05, 0.1) is 0 Å². The minimum Gasteiger partial charge on any atom is -0.298 e. The molecule has 2 rings (SSSR count).